The lowest BCUT2D eigenvalue weighted by atomic mass is 10.2. The highest BCUT2D eigenvalue weighted by atomic mass is 35.5. The van der Waals surface area contributed by atoms with Crippen molar-refractivity contribution in [1.82, 2.24) is 0 Å². The molecule has 0 saturated carbocycles. The van der Waals surface area contributed by atoms with E-state index in [0.717, 1.165) is 6.07 Å². The molecule has 1 aromatic rings. The first-order valence-electron chi connectivity index (χ1n) is 3.15. The first-order chi connectivity index (χ1) is 6.06. The van der Waals surface area contributed by atoms with Crippen LogP contribution in [0.15, 0.2) is 12.1 Å². The van der Waals surface area contributed by atoms with E-state index in [-0.39, 0.29) is 21.3 Å². The van der Waals surface area contributed by atoms with Crippen molar-refractivity contribution in [1.29, 1.82) is 0 Å². The second-order valence-corrected chi connectivity index (χ2v) is 3.04. The number of carbonyl (C=O) groups excluding carboxylic acids is 1. The third-order valence-electron chi connectivity index (χ3n) is 1.39. The van der Waals surface area contributed by atoms with Gasteiger partial charge in [0.15, 0.2) is 6.29 Å². The highest BCUT2D eigenvalue weighted by molar-refractivity contribution is 6.36. The minimum atomic E-state index is -0.707. The van der Waals surface area contributed by atoms with E-state index in [2.05, 4.69) is 0 Å². The molecule has 1 rings (SSSR count). The van der Waals surface area contributed by atoms with E-state index < -0.39 is 4.92 Å². The smallest absolute Gasteiger partial charge is 0.282 e. The molecule has 0 aliphatic heterocycles. The molecule has 0 heterocycles. The van der Waals surface area contributed by atoms with Gasteiger partial charge in [-0.15, -0.1) is 0 Å². The Kier molecular flexibility index (Phi) is 2.85. The number of hydrogen-bond acceptors (Lipinski definition) is 3. The van der Waals surface area contributed by atoms with E-state index in [9.17, 15) is 14.9 Å². The van der Waals surface area contributed by atoms with E-state index in [4.69, 9.17) is 23.2 Å². The molecule has 0 atom stereocenters. The van der Waals surface area contributed by atoms with Gasteiger partial charge in [0, 0.05) is 11.1 Å². The van der Waals surface area contributed by atoms with Gasteiger partial charge in [-0.25, -0.2) is 0 Å². The summed E-state index contributed by atoms with van der Waals surface area (Å²) in [6.07, 6.45) is 0.330. The summed E-state index contributed by atoms with van der Waals surface area (Å²) in [7, 11) is 0. The molecule has 0 N–H and O–H groups in total. The van der Waals surface area contributed by atoms with Gasteiger partial charge >= 0.3 is 0 Å². The average Bonchev–Trinajstić information content (AvgIpc) is 2.02. The van der Waals surface area contributed by atoms with Gasteiger partial charge in [-0.1, -0.05) is 23.2 Å². The van der Waals surface area contributed by atoms with Gasteiger partial charge < -0.3 is 0 Å². The first kappa shape index (κ1) is 9.95. The summed E-state index contributed by atoms with van der Waals surface area (Å²) in [4.78, 5) is 20.1. The van der Waals surface area contributed by atoms with Crippen molar-refractivity contribution >= 4 is 35.2 Å². The normalized spacial score (nSPS) is 9.69. The fourth-order valence-electron chi connectivity index (χ4n) is 0.839. The zero-order valence-corrected chi connectivity index (χ0v) is 7.67. The van der Waals surface area contributed by atoms with Crippen LogP contribution in [-0.4, -0.2) is 11.2 Å². The molecule has 6 heteroatoms. The highest BCUT2D eigenvalue weighted by Crippen LogP contribution is 2.28. The summed E-state index contributed by atoms with van der Waals surface area (Å²) in [5.41, 5.74) is -0.538. The predicted octanol–water partition coefficient (Wildman–Crippen LogP) is 2.71. The van der Waals surface area contributed by atoms with Crippen LogP contribution in [0.3, 0.4) is 0 Å². The third kappa shape index (κ3) is 1.96. The van der Waals surface area contributed by atoms with Gasteiger partial charge in [0.25, 0.3) is 5.69 Å². The molecule has 0 saturated heterocycles. The molecule has 1 aromatic carbocycles. The maximum absolute atomic E-state index is 10.4. The van der Waals surface area contributed by atoms with Gasteiger partial charge in [-0.3, -0.25) is 14.9 Å². The Labute approximate surface area is 83.2 Å². The standard InChI is InChI=1S/C7H3Cl2NO3/c8-4-1-6(9)5(3-11)7(2-4)10(12)13/h1-3H. The van der Waals surface area contributed by atoms with Gasteiger partial charge in [0.05, 0.1) is 9.95 Å². The van der Waals surface area contributed by atoms with Gasteiger partial charge in [-0.05, 0) is 6.07 Å². The molecular weight excluding hydrogens is 217 g/mol. The Morgan fingerprint density at radius 2 is 2.00 bits per heavy atom. The Hall–Kier alpha value is -1.13. The lowest BCUT2D eigenvalue weighted by Crippen LogP contribution is -1.95. The second kappa shape index (κ2) is 3.72. The number of benzene rings is 1. The maximum Gasteiger partial charge on any atom is 0.282 e. The minimum Gasteiger partial charge on any atom is -0.298 e. The van der Waals surface area contributed by atoms with Crippen LogP contribution in [0, 0.1) is 10.1 Å². The molecule has 0 aromatic heterocycles. The predicted molar refractivity (Wildman–Crippen MR) is 48.5 cm³/mol. The maximum atomic E-state index is 10.4. The molecule has 0 fully saturated rings. The molecule has 0 spiro atoms. The van der Waals surface area contributed by atoms with Crippen molar-refractivity contribution in [3.05, 3.63) is 37.9 Å². The van der Waals surface area contributed by atoms with Crippen molar-refractivity contribution in [2.75, 3.05) is 0 Å². The third-order valence-corrected chi connectivity index (χ3v) is 1.92. The molecule has 68 valence electrons. The fourth-order valence-corrected chi connectivity index (χ4v) is 1.37. The summed E-state index contributed by atoms with van der Waals surface area (Å²) in [5, 5.41) is 10.5. The second-order valence-electron chi connectivity index (χ2n) is 2.20. The largest absolute Gasteiger partial charge is 0.298 e. The Morgan fingerprint density at radius 1 is 1.38 bits per heavy atom. The number of nitro benzene ring substituents is 1. The summed E-state index contributed by atoms with van der Waals surface area (Å²) in [6, 6.07) is 2.36. The zero-order valence-electron chi connectivity index (χ0n) is 6.16. The summed E-state index contributed by atoms with van der Waals surface area (Å²) < 4.78 is 0. The molecule has 13 heavy (non-hydrogen) atoms. The van der Waals surface area contributed by atoms with E-state index >= 15 is 0 Å². The Bertz CT molecular complexity index is 378. The molecule has 0 aliphatic carbocycles. The van der Waals surface area contributed by atoms with Crippen LogP contribution in [0.25, 0.3) is 0 Å². The van der Waals surface area contributed by atoms with Crippen LogP contribution in [0.4, 0.5) is 5.69 Å². The molecule has 0 bridgehead atoms. The number of carbonyl (C=O) groups is 1. The molecule has 4 nitrogen and oxygen atoms in total. The van der Waals surface area contributed by atoms with Gasteiger partial charge in [0.2, 0.25) is 0 Å². The lowest BCUT2D eigenvalue weighted by Gasteiger charge is -1.98. The zero-order chi connectivity index (χ0) is 10.0. The number of halogens is 2. The quantitative estimate of drug-likeness (QED) is 0.437. The van der Waals surface area contributed by atoms with E-state index in [1.165, 1.54) is 6.07 Å². The first-order valence-corrected chi connectivity index (χ1v) is 3.90. The number of aldehydes is 1. The number of hydrogen-bond donors (Lipinski definition) is 0. The van der Waals surface area contributed by atoms with Gasteiger partial charge in [0.1, 0.15) is 5.56 Å². The molecular formula is C7H3Cl2NO3. The SMILES string of the molecule is O=Cc1c(Cl)cc(Cl)cc1[N+](=O)[O-]. The minimum absolute atomic E-state index is 0.0193. The Morgan fingerprint density at radius 3 is 2.46 bits per heavy atom. The summed E-state index contributed by atoms with van der Waals surface area (Å²) >= 11 is 11.1. The number of nitrogens with zero attached hydrogens (tertiary/aromatic N) is 1. The van der Waals surface area contributed by atoms with Crippen molar-refractivity contribution in [3.63, 3.8) is 0 Å². The van der Waals surface area contributed by atoms with Gasteiger partial charge in [-0.2, -0.15) is 0 Å². The van der Waals surface area contributed by atoms with Crippen molar-refractivity contribution in [2.24, 2.45) is 0 Å². The van der Waals surface area contributed by atoms with Crippen molar-refractivity contribution in [3.8, 4) is 0 Å². The summed E-state index contributed by atoms with van der Waals surface area (Å²) in [6.45, 7) is 0. The van der Waals surface area contributed by atoms with Crippen LogP contribution >= 0.6 is 23.2 Å². The topological polar surface area (TPSA) is 60.2 Å². The summed E-state index contributed by atoms with van der Waals surface area (Å²) in [5.74, 6) is 0. The number of rotatable bonds is 2. The lowest BCUT2D eigenvalue weighted by molar-refractivity contribution is -0.385. The van der Waals surface area contributed by atoms with Crippen LogP contribution in [-0.2, 0) is 0 Å². The van der Waals surface area contributed by atoms with Crippen LogP contribution in [0.5, 0.6) is 0 Å². The molecule has 0 aliphatic rings. The average molecular weight is 220 g/mol. The fraction of sp³-hybridized carbons (Fsp3) is 0. The monoisotopic (exact) mass is 219 g/mol. The molecule has 0 unspecified atom stereocenters. The van der Waals surface area contributed by atoms with E-state index in [0.29, 0.717) is 6.29 Å². The van der Waals surface area contributed by atoms with Crippen LogP contribution < -0.4 is 0 Å². The highest BCUT2D eigenvalue weighted by Gasteiger charge is 2.17. The van der Waals surface area contributed by atoms with Crippen molar-refractivity contribution in [2.45, 2.75) is 0 Å². The van der Waals surface area contributed by atoms with Crippen LogP contribution in [0.1, 0.15) is 10.4 Å². The van der Waals surface area contributed by atoms with Crippen molar-refractivity contribution < 1.29 is 9.72 Å². The molecule has 0 radical (unpaired) electrons. The number of nitro groups is 1. The Balaban J connectivity index is 3.46. The van der Waals surface area contributed by atoms with Crippen LogP contribution in [0.2, 0.25) is 10.0 Å². The van der Waals surface area contributed by atoms with E-state index in [1.807, 2.05) is 0 Å². The molecule has 0 amide bonds. The van der Waals surface area contributed by atoms with E-state index in [1.54, 1.807) is 0 Å².